The fourth-order valence-electron chi connectivity index (χ4n) is 3.03. The van der Waals surface area contributed by atoms with E-state index in [4.69, 9.17) is 9.47 Å². The van der Waals surface area contributed by atoms with E-state index in [1.54, 1.807) is 7.11 Å². The van der Waals surface area contributed by atoms with Crippen LogP contribution in [-0.4, -0.2) is 38.6 Å². The molecule has 2 N–H and O–H groups in total. The molecular weight excluding hydrogens is 356 g/mol. The van der Waals surface area contributed by atoms with Crippen molar-refractivity contribution in [2.24, 2.45) is 11.8 Å². The highest BCUT2D eigenvalue weighted by Gasteiger charge is 2.47. The predicted octanol–water partition coefficient (Wildman–Crippen LogP) is 2.19. The maximum Gasteiger partial charge on any atom is 0.224 e. The van der Waals surface area contributed by atoms with Crippen LogP contribution in [-0.2, 0) is 16.0 Å². The molecule has 2 atom stereocenters. The molecule has 0 aromatic heterocycles. The summed E-state index contributed by atoms with van der Waals surface area (Å²) in [5.74, 6) is 0.933. The lowest BCUT2D eigenvalue weighted by Gasteiger charge is -2.08. The number of carbonyl (C=O) groups excluding carboxylic acids is 2. The molecule has 148 valence electrons. The molecule has 0 radical (unpaired) electrons. The summed E-state index contributed by atoms with van der Waals surface area (Å²) in [6.45, 7) is 1.37. The lowest BCUT2D eigenvalue weighted by Crippen LogP contribution is -2.33. The van der Waals surface area contributed by atoms with E-state index in [9.17, 15) is 9.59 Å². The lowest BCUT2D eigenvalue weighted by atomic mass is 10.1. The summed E-state index contributed by atoms with van der Waals surface area (Å²) < 4.78 is 10.7. The zero-order valence-corrected chi connectivity index (χ0v) is 16.0. The quantitative estimate of drug-likeness (QED) is 0.618. The molecule has 2 aromatic carbocycles. The normalized spacial score (nSPS) is 17.5. The van der Waals surface area contributed by atoms with Gasteiger partial charge in [0, 0.05) is 6.54 Å². The number of ether oxygens (including phenoxy) is 2. The van der Waals surface area contributed by atoms with Crippen molar-refractivity contribution >= 4 is 11.8 Å². The van der Waals surface area contributed by atoms with E-state index in [1.807, 2.05) is 54.6 Å². The van der Waals surface area contributed by atoms with Crippen molar-refractivity contribution in [1.82, 2.24) is 10.6 Å². The molecule has 2 amide bonds. The Balaban J connectivity index is 1.28. The van der Waals surface area contributed by atoms with Gasteiger partial charge in [-0.05, 0) is 42.7 Å². The van der Waals surface area contributed by atoms with Gasteiger partial charge in [-0.1, -0.05) is 30.3 Å². The van der Waals surface area contributed by atoms with Crippen LogP contribution < -0.4 is 20.1 Å². The third-order valence-corrected chi connectivity index (χ3v) is 4.75. The predicted molar refractivity (Wildman–Crippen MR) is 106 cm³/mol. The van der Waals surface area contributed by atoms with Gasteiger partial charge < -0.3 is 20.1 Å². The Hall–Kier alpha value is -3.02. The largest absolute Gasteiger partial charge is 0.497 e. The number of methoxy groups -OCH3 is 1. The van der Waals surface area contributed by atoms with Crippen LogP contribution in [0, 0.1) is 11.8 Å². The molecule has 0 aliphatic heterocycles. The standard InChI is InChI=1S/C22H26N2O4/c1-27-17-7-9-18(10-8-17)28-14-13-24-22(26)20-15-19(20)21(25)23-12-11-16-5-3-2-4-6-16/h2-10,19-20H,11-15H2,1H3,(H,23,25)(H,24,26). The highest BCUT2D eigenvalue weighted by molar-refractivity contribution is 5.92. The highest BCUT2D eigenvalue weighted by atomic mass is 16.5. The second-order valence-electron chi connectivity index (χ2n) is 6.79. The maximum absolute atomic E-state index is 12.2. The van der Waals surface area contributed by atoms with E-state index < -0.39 is 0 Å². The zero-order valence-electron chi connectivity index (χ0n) is 16.0. The highest BCUT2D eigenvalue weighted by Crippen LogP contribution is 2.38. The Kier molecular flexibility index (Phi) is 6.89. The molecule has 0 saturated heterocycles. The summed E-state index contributed by atoms with van der Waals surface area (Å²) in [4.78, 5) is 24.3. The first kappa shape index (κ1) is 19.7. The van der Waals surface area contributed by atoms with Gasteiger partial charge in [-0.2, -0.15) is 0 Å². The number of rotatable bonds is 10. The topological polar surface area (TPSA) is 76.7 Å². The van der Waals surface area contributed by atoms with Gasteiger partial charge in [0.15, 0.2) is 0 Å². The Morgan fingerprint density at radius 2 is 1.50 bits per heavy atom. The van der Waals surface area contributed by atoms with Crippen LogP contribution in [0.25, 0.3) is 0 Å². The summed E-state index contributed by atoms with van der Waals surface area (Å²) in [5, 5.41) is 5.76. The third kappa shape index (κ3) is 5.74. The monoisotopic (exact) mass is 382 g/mol. The van der Waals surface area contributed by atoms with E-state index in [1.165, 1.54) is 5.56 Å². The Labute approximate surface area is 165 Å². The van der Waals surface area contributed by atoms with Gasteiger partial charge in [-0.25, -0.2) is 0 Å². The van der Waals surface area contributed by atoms with E-state index in [2.05, 4.69) is 10.6 Å². The summed E-state index contributed by atoms with van der Waals surface area (Å²) in [5.41, 5.74) is 1.18. The van der Waals surface area contributed by atoms with E-state index in [-0.39, 0.29) is 23.7 Å². The van der Waals surface area contributed by atoms with Crippen LogP contribution >= 0.6 is 0 Å². The van der Waals surface area contributed by atoms with Crippen molar-refractivity contribution < 1.29 is 19.1 Å². The van der Waals surface area contributed by atoms with Crippen LogP contribution in [0.3, 0.4) is 0 Å². The van der Waals surface area contributed by atoms with Gasteiger partial charge in [0.05, 0.1) is 25.5 Å². The minimum Gasteiger partial charge on any atom is -0.497 e. The first-order valence-corrected chi connectivity index (χ1v) is 9.53. The van der Waals surface area contributed by atoms with Crippen LogP contribution in [0.1, 0.15) is 12.0 Å². The van der Waals surface area contributed by atoms with Gasteiger partial charge in [-0.15, -0.1) is 0 Å². The molecule has 0 spiro atoms. The first-order chi connectivity index (χ1) is 13.7. The average Bonchev–Trinajstić information content (AvgIpc) is 3.53. The molecule has 1 saturated carbocycles. The zero-order chi connectivity index (χ0) is 19.8. The van der Waals surface area contributed by atoms with Gasteiger partial charge in [0.2, 0.25) is 11.8 Å². The molecular formula is C22H26N2O4. The molecule has 28 heavy (non-hydrogen) atoms. The van der Waals surface area contributed by atoms with E-state index >= 15 is 0 Å². The van der Waals surface area contributed by atoms with Crippen molar-refractivity contribution in [2.45, 2.75) is 12.8 Å². The van der Waals surface area contributed by atoms with Gasteiger partial charge in [0.25, 0.3) is 0 Å². The number of amides is 2. The van der Waals surface area contributed by atoms with E-state index in [0.29, 0.717) is 26.1 Å². The van der Waals surface area contributed by atoms with Crippen molar-refractivity contribution in [2.75, 3.05) is 26.8 Å². The second kappa shape index (κ2) is 9.78. The first-order valence-electron chi connectivity index (χ1n) is 9.53. The fraction of sp³-hybridized carbons (Fsp3) is 0.364. The molecule has 1 aliphatic rings. The molecule has 1 fully saturated rings. The van der Waals surface area contributed by atoms with Crippen molar-refractivity contribution in [3.05, 3.63) is 60.2 Å². The van der Waals surface area contributed by atoms with E-state index in [0.717, 1.165) is 17.9 Å². The minimum absolute atomic E-state index is 0.0365. The maximum atomic E-state index is 12.2. The molecule has 0 heterocycles. The minimum atomic E-state index is -0.224. The summed E-state index contributed by atoms with van der Waals surface area (Å²) in [6.07, 6.45) is 1.40. The molecule has 2 aromatic rings. The summed E-state index contributed by atoms with van der Waals surface area (Å²) >= 11 is 0. The van der Waals surface area contributed by atoms with Gasteiger partial charge >= 0.3 is 0 Å². The smallest absolute Gasteiger partial charge is 0.224 e. The number of benzene rings is 2. The van der Waals surface area contributed by atoms with Crippen LogP contribution in [0.5, 0.6) is 11.5 Å². The Bertz CT molecular complexity index is 777. The van der Waals surface area contributed by atoms with Crippen molar-refractivity contribution in [3.8, 4) is 11.5 Å². The summed E-state index contributed by atoms with van der Waals surface area (Å²) in [7, 11) is 1.61. The Morgan fingerprint density at radius 1 is 0.893 bits per heavy atom. The van der Waals surface area contributed by atoms with Gasteiger partial charge in [-0.3, -0.25) is 9.59 Å². The third-order valence-electron chi connectivity index (χ3n) is 4.75. The van der Waals surface area contributed by atoms with Crippen molar-refractivity contribution in [1.29, 1.82) is 0 Å². The number of carbonyl (C=O) groups is 2. The SMILES string of the molecule is COc1ccc(OCCNC(=O)C2CC2C(=O)NCCc2ccccc2)cc1. The molecule has 6 nitrogen and oxygen atoms in total. The molecule has 1 aliphatic carbocycles. The molecule has 2 unspecified atom stereocenters. The fourth-order valence-corrected chi connectivity index (χ4v) is 3.03. The number of hydrogen-bond acceptors (Lipinski definition) is 4. The molecule has 3 rings (SSSR count). The van der Waals surface area contributed by atoms with Crippen molar-refractivity contribution in [3.63, 3.8) is 0 Å². The second-order valence-corrected chi connectivity index (χ2v) is 6.79. The lowest BCUT2D eigenvalue weighted by molar-refractivity contribution is -0.127. The molecule has 6 heteroatoms. The van der Waals surface area contributed by atoms with Crippen LogP contribution in [0.15, 0.2) is 54.6 Å². The number of hydrogen-bond donors (Lipinski definition) is 2. The van der Waals surface area contributed by atoms with Crippen LogP contribution in [0.2, 0.25) is 0 Å². The molecule has 0 bridgehead atoms. The Morgan fingerprint density at radius 3 is 2.14 bits per heavy atom. The average molecular weight is 382 g/mol. The summed E-state index contributed by atoms with van der Waals surface area (Å²) in [6, 6.07) is 17.3. The van der Waals surface area contributed by atoms with Gasteiger partial charge in [0.1, 0.15) is 18.1 Å². The number of nitrogens with one attached hydrogen (secondary N) is 2. The van der Waals surface area contributed by atoms with Crippen LogP contribution in [0.4, 0.5) is 0 Å².